The van der Waals surface area contributed by atoms with E-state index in [4.69, 9.17) is 9.84 Å². The molecule has 0 aliphatic heterocycles. The van der Waals surface area contributed by atoms with Gasteiger partial charge in [-0.1, -0.05) is 26.2 Å². The van der Waals surface area contributed by atoms with Crippen LogP contribution in [0.2, 0.25) is 0 Å². The number of hydrogen-bond donors (Lipinski definition) is 2. The van der Waals surface area contributed by atoms with E-state index < -0.39 is 11.5 Å². The molecule has 1 fully saturated rings. The molecule has 22 heavy (non-hydrogen) atoms. The molecule has 0 spiro atoms. The number of carbonyl (C=O) groups excluding carboxylic acids is 1. The summed E-state index contributed by atoms with van der Waals surface area (Å²) >= 11 is 0. The zero-order chi connectivity index (χ0) is 16.6. The smallest absolute Gasteiger partial charge is 0.305 e. The highest BCUT2D eigenvalue weighted by atomic mass is 16.5. The van der Waals surface area contributed by atoms with Gasteiger partial charge in [0.15, 0.2) is 0 Å². The zero-order valence-corrected chi connectivity index (χ0v) is 14.2. The second-order valence-electron chi connectivity index (χ2n) is 6.91. The van der Waals surface area contributed by atoms with E-state index in [2.05, 4.69) is 12.2 Å². The Balaban J connectivity index is 2.48. The van der Waals surface area contributed by atoms with Crippen LogP contribution in [0.3, 0.4) is 0 Å². The highest BCUT2D eigenvalue weighted by molar-refractivity contribution is 5.80. The highest BCUT2D eigenvalue weighted by Gasteiger charge is 2.33. The van der Waals surface area contributed by atoms with Crippen molar-refractivity contribution in [2.75, 3.05) is 13.7 Å². The van der Waals surface area contributed by atoms with Crippen molar-refractivity contribution in [2.45, 2.75) is 70.8 Å². The van der Waals surface area contributed by atoms with E-state index in [0.717, 1.165) is 31.6 Å². The van der Waals surface area contributed by atoms with E-state index in [1.54, 1.807) is 6.92 Å². The number of ether oxygens (including phenoxy) is 1. The van der Waals surface area contributed by atoms with Gasteiger partial charge in [0.1, 0.15) is 0 Å². The Bertz CT molecular complexity index is 364. The molecule has 0 aromatic heterocycles. The largest absolute Gasteiger partial charge is 0.481 e. The van der Waals surface area contributed by atoms with Gasteiger partial charge in [-0.15, -0.1) is 0 Å². The third-order valence-electron chi connectivity index (χ3n) is 4.61. The average molecular weight is 313 g/mol. The van der Waals surface area contributed by atoms with E-state index in [1.807, 2.05) is 0 Å². The molecule has 1 aliphatic rings. The molecule has 2 N–H and O–H groups in total. The van der Waals surface area contributed by atoms with E-state index >= 15 is 0 Å². The lowest BCUT2D eigenvalue weighted by Gasteiger charge is -2.33. The molecule has 1 rings (SSSR count). The number of nitrogens with one attached hydrogen (secondary N) is 1. The molecule has 0 saturated heterocycles. The predicted molar refractivity (Wildman–Crippen MR) is 85.6 cm³/mol. The molecule has 128 valence electrons. The third-order valence-corrected chi connectivity index (χ3v) is 4.61. The lowest BCUT2D eigenvalue weighted by atomic mass is 9.79. The van der Waals surface area contributed by atoms with Crippen molar-refractivity contribution >= 4 is 11.9 Å². The van der Waals surface area contributed by atoms with Crippen LogP contribution in [0.5, 0.6) is 0 Å². The van der Waals surface area contributed by atoms with Gasteiger partial charge in [0.05, 0.1) is 18.6 Å². The summed E-state index contributed by atoms with van der Waals surface area (Å²) in [6.07, 6.45) is 7.68. The first-order valence-electron chi connectivity index (χ1n) is 8.43. The molecule has 0 aromatic rings. The van der Waals surface area contributed by atoms with Gasteiger partial charge in [-0.05, 0) is 38.5 Å². The number of aliphatic carboxylic acids is 1. The van der Waals surface area contributed by atoms with Gasteiger partial charge in [0.25, 0.3) is 0 Å². The first-order valence-corrected chi connectivity index (χ1v) is 8.43. The molecule has 1 aliphatic carbocycles. The quantitative estimate of drug-likeness (QED) is 0.686. The normalized spacial score (nSPS) is 24.5. The van der Waals surface area contributed by atoms with Gasteiger partial charge in [-0.2, -0.15) is 0 Å². The summed E-state index contributed by atoms with van der Waals surface area (Å²) in [6, 6.07) is 0. The molecule has 1 amide bonds. The van der Waals surface area contributed by atoms with Gasteiger partial charge < -0.3 is 15.2 Å². The van der Waals surface area contributed by atoms with Crippen LogP contribution in [0, 0.1) is 11.8 Å². The Morgan fingerprint density at radius 1 is 1.27 bits per heavy atom. The molecule has 1 atom stereocenters. The minimum absolute atomic E-state index is 0.0165. The summed E-state index contributed by atoms with van der Waals surface area (Å²) in [5.74, 6) is -0.172. The molecule has 5 nitrogen and oxygen atoms in total. The summed E-state index contributed by atoms with van der Waals surface area (Å²) in [6.45, 7) is 4.14. The number of methoxy groups -OCH3 is 1. The standard InChI is InChI=1S/C17H31NO4/c1-4-5-6-13-7-9-14(10-8-13)16(21)18-17(2,12-22-3)11-15(19)20/h13-14H,4-12H2,1-3H3,(H,18,21)(H,19,20). The molecule has 0 radical (unpaired) electrons. The molecular weight excluding hydrogens is 282 g/mol. The Morgan fingerprint density at radius 3 is 2.41 bits per heavy atom. The lowest BCUT2D eigenvalue weighted by Crippen LogP contribution is -2.52. The Kier molecular flexibility index (Phi) is 7.87. The maximum atomic E-state index is 12.4. The first kappa shape index (κ1) is 18.9. The molecule has 5 heteroatoms. The number of carbonyl (C=O) groups is 2. The number of carboxylic acid groups (broad SMARTS) is 1. The Labute approximate surface area is 133 Å². The third kappa shape index (κ3) is 6.34. The molecule has 0 bridgehead atoms. The van der Waals surface area contributed by atoms with Gasteiger partial charge in [0.2, 0.25) is 5.91 Å². The lowest BCUT2D eigenvalue weighted by molar-refractivity contribution is -0.140. The SMILES string of the molecule is CCCCC1CCC(C(=O)NC(C)(COC)CC(=O)O)CC1. The zero-order valence-electron chi connectivity index (χ0n) is 14.2. The number of hydrogen-bond acceptors (Lipinski definition) is 3. The topological polar surface area (TPSA) is 75.6 Å². The van der Waals surface area contributed by atoms with Gasteiger partial charge in [0, 0.05) is 13.0 Å². The van der Waals surface area contributed by atoms with Crippen LogP contribution in [0.1, 0.15) is 65.2 Å². The average Bonchev–Trinajstić information content (AvgIpc) is 2.44. The fourth-order valence-corrected chi connectivity index (χ4v) is 3.39. The number of rotatable bonds is 9. The minimum atomic E-state index is -0.928. The highest BCUT2D eigenvalue weighted by Crippen LogP contribution is 2.32. The van der Waals surface area contributed by atoms with Crippen molar-refractivity contribution in [1.29, 1.82) is 0 Å². The van der Waals surface area contributed by atoms with Gasteiger partial charge in [-0.3, -0.25) is 9.59 Å². The van der Waals surface area contributed by atoms with Gasteiger partial charge in [-0.25, -0.2) is 0 Å². The summed E-state index contributed by atoms with van der Waals surface area (Å²) in [5, 5.41) is 11.9. The molecule has 1 saturated carbocycles. The summed E-state index contributed by atoms with van der Waals surface area (Å²) in [5.41, 5.74) is -0.837. The number of amides is 1. The first-order chi connectivity index (χ1) is 10.4. The molecule has 1 unspecified atom stereocenters. The van der Waals surface area contributed by atoms with Crippen molar-refractivity contribution in [3.63, 3.8) is 0 Å². The fourth-order valence-electron chi connectivity index (χ4n) is 3.39. The predicted octanol–water partition coefficient (Wildman–Crippen LogP) is 2.98. The van der Waals surface area contributed by atoms with Crippen molar-refractivity contribution < 1.29 is 19.4 Å². The van der Waals surface area contributed by atoms with E-state index in [9.17, 15) is 9.59 Å². The second kappa shape index (κ2) is 9.13. The summed E-state index contributed by atoms with van der Waals surface area (Å²) < 4.78 is 5.08. The Hall–Kier alpha value is -1.10. The molecular formula is C17H31NO4. The van der Waals surface area contributed by atoms with Crippen LogP contribution >= 0.6 is 0 Å². The van der Waals surface area contributed by atoms with Crippen LogP contribution < -0.4 is 5.32 Å². The summed E-state index contributed by atoms with van der Waals surface area (Å²) in [4.78, 5) is 23.4. The fraction of sp³-hybridized carbons (Fsp3) is 0.882. The Morgan fingerprint density at radius 2 is 1.91 bits per heavy atom. The minimum Gasteiger partial charge on any atom is -0.481 e. The maximum absolute atomic E-state index is 12.4. The van der Waals surface area contributed by atoms with Gasteiger partial charge >= 0.3 is 5.97 Å². The van der Waals surface area contributed by atoms with Crippen LogP contribution in [0.4, 0.5) is 0 Å². The molecule has 0 aromatic carbocycles. The number of carboxylic acids is 1. The van der Waals surface area contributed by atoms with E-state index in [-0.39, 0.29) is 24.9 Å². The second-order valence-corrected chi connectivity index (χ2v) is 6.91. The van der Waals surface area contributed by atoms with Crippen molar-refractivity contribution in [3.8, 4) is 0 Å². The summed E-state index contributed by atoms with van der Waals surface area (Å²) in [7, 11) is 1.52. The van der Waals surface area contributed by atoms with Crippen molar-refractivity contribution in [3.05, 3.63) is 0 Å². The monoisotopic (exact) mass is 313 g/mol. The van der Waals surface area contributed by atoms with Crippen LogP contribution in [0.15, 0.2) is 0 Å². The molecule has 0 heterocycles. The van der Waals surface area contributed by atoms with Crippen molar-refractivity contribution in [1.82, 2.24) is 5.32 Å². The van der Waals surface area contributed by atoms with Crippen LogP contribution in [-0.2, 0) is 14.3 Å². The maximum Gasteiger partial charge on any atom is 0.305 e. The van der Waals surface area contributed by atoms with E-state index in [1.165, 1.54) is 26.4 Å². The number of unbranched alkanes of at least 4 members (excludes halogenated alkanes) is 1. The van der Waals surface area contributed by atoms with Crippen molar-refractivity contribution in [2.24, 2.45) is 11.8 Å². The van der Waals surface area contributed by atoms with Crippen LogP contribution in [-0.4, -0.2) is 36.2 Å². The van der Waals surface area contributed by atoms with Crippen LogP contribution in [0.25, 0.3) is 0 Å². The van der Waals surface area contributed by atoms with E-state index in [0.29, 0.717) is 0 Å².